The van der Waals surface area contributed by atoms with Gasteiger partial charge in [-0.15, -0.1) is 0 Å². The standard InChI is InChI=1S/C15H10ClN3O2/c16-11-3-1-2-9-10(15(20)21)6-12(19-14(9)11)8-4-5-13(17)18-7-8/h1-7H,(H2,17,18)(H,20,21). The smallest absolute Gasteiger partial charge is 0.336 e. The molecule has 3 aromatic rings. The van der Waals surface area contributed by atoms with Gasteiger partial charge in [-0.05, 0) is 24.3 Å². The number of rotatable bonds is 2. The van der Waals surface area contributed by atoms with Gasteiger partial charge in [-0.2, -0.15) is 0 Å². The van der Waals surface area contributed by atoms with Crippen LogP contribution in [-0.2, 0) is 0 Å². The molecule has 0 aliphatic carbocycles. The summed E-state index contributed by atoms with van der Waals surface area (Å²) in [7, 11) is 0. The van der Waals surface area contributed by atoms with Crippen molar-refractivity contribution in [1.82, 2.24) is 9.97 Å². The minimum Gasteiger partial charge on any atom is -0.478 e. The Hall–Kier alpha value is -2.66. The third kappa shape index (κ3) is 2.39. The molecule has 0 aliphatic rings. The third-order valence-electron chi connectivity index (χ3n) is 3.10. The molecule has 0 atom stereocenters. The van der Waals surface area contributed by atoms with Crippen molar-refractivity contribution in [2.45, 2.75) is 0 Å². The van der Waals surface area contributed by atoms with Crippen LogP contribution in [0.5, 0.6) is 0 Å². The van der Waals surface area contributed by atoms with Crippen LogP contribution in [-0.4, -0.2) is 21.0 Å². The molecule has 104 valence electrons. The zero-order valence-corrected chi connectivity index (χ0v) is 11.5. The van der Waals surface area contributed by atoms with Gasteiger partial charge in [-0.1, -0.05) is 23.7 Å². The van der Waals surface area contributed by atoms with E-state index >= 15 is 0 Å². The maximum absolute atomic E-state index is 11.5. The third-order valence-corrected chi connectivity index (χ3v) is 3.41. The molecule has 0 aliphatic heterocycles. The van der Waals surface area contributed by atoms with Crippen molar-refractivity contribution in [3.63, 3.8) is 0 Å². The number of nitrogen functional groups attached to an aromatic ring is 1. The molecule has 3 rings (SSSR count). The number of carboxylic acids is 1. The highest BCUT2D eigenvalue weighted by atomic mass is 35.5. The van der Waals surface area contributed by atoms with Crippen LogP contribution in [0.2, 0.25) is 5.02 Å². The highest BCUT2D eigenvalue weighted by Gasteiger charge is 2.14. The maximum atomic E-state index is 11.5. The molecule has 5 nitrogen and oxygen atoms in total. The van der Waals surface area contributed by atoms with E-state index in [0.717, 1.165) is 0 Å². The lowest BCUT2D eigenvalue weighted by molar-refractivity contribution is 0.0699. The molecule has 0 bridgehead atoms. The second-order valence-corrected chi connectivity index (χ2v) is 4.88. The minimum atomic E-state index is -1.03. The molecule has 0 amide bonds. The molecule has 0 saturated heterocycles. The van der Waals surface area contributed by atoms with Crippen molar-refractivity contribution in [1.29, 1.82) is 0 Å². The lowest BCUT2D eigenvalue weighted by Crippen LogP contribution is -2.01. The molecule has 0 saturated carbocycles. The summed E-state index contributed by atoms with van der Waals surface area (Å²) in [5.74, 6) is -0.648. The van der Waals surface area contributed by atoms with E-state index in [0.29, 0.717) is 33.0 Å². The Bertz CT molecular complexity index is 847. The first kappa shape index (κ1) is 13.3. The predicted octanol–water partition coefficient (Wildman–Crippen LogP) is 3.23. The van der Waals surface area contributed by atoms with Gasteiger partial charge < -0.3 is 10.8 Å². The first-order chi connectivity index (χ1) is 10.1. The summed E-state index contributed by atoms with van der Waals surface area (Å²) in [6, 6.07) is 9.93. The van der Waals surface area contributed by atoms with Crippen LogP contribution in [0, 0.1) is 0 Å². The number of aromatic carboxylic acids is 1. The second-order valence-electron chi connectivity index (χ2n) is 4.47. The number of nitrogens with zero attached hydrogens (tertiary/aromatic N) is 2. The van der Waals surface area contributed by atoms with Crippen molar-refractivity contribution in [3.8, 4) is 11.3 Å². The molecule has 21 heavy (non-hydrogen) atoms. The van der Waals surface area contributed by atoms with E-state index in [4.69, 9.17) is 17.3 Å². The van der Waals surface area contributed by atoms with Crippen LogP contribution in [0.3, 0.4) is 0 Å². The van der Waals surface area contributed by atoms with Crippen molar-refractivity contribution in [3.05, 3.63) is 53.2 Å². The average Bonchev–Trinajstić information content (AvgIpc) is 2.47. The second kappa shape index (κ2) is 5.03. The van der Waals surface area contributed by atoms with Gasteiger partial charge in [0.2, 0.25) is 0 Å². The fourth-order valence-corrected chi connectivity index (χ4v) is 2.31. The highest BCUT2D eigenvalue weighted by molar-refractivity contribution is 6.35. The molecule has 1 aromatic carbocycles. The summed E-state index contributed by atoms with van der Waals surface area (Å²) in [6.45, 7) is 0. The number of halogens is 1. The first-order valence-electron chi connectivity index (χ1n) is 6.11. The Kier molecular flexibility index (Phi) is 3.19. The van der Waals surface area contributed by atoms with E-state index in [1.807, 2.05) is 0 Å². The number of para-hydroxylation sites is 1. The number of carbonyl (C=O) groups is 1. The minimum absolute atomic E-state index is 0.148. The fourth-order valence-electron chi connectivity index (χ4n) is 2.10. The lowest BCUT2D eigenvalue weighted by atomic mass is 10.1. The Morgan fingerprint density at radius 1 is 1.24 bits per heavy atom. The fraction of sp³-hybridized carbons (Fsp3) is 0. The van der Waals surface area contributed by atoms with Crippen LogP contribution in [0.1, 0.15) is 10.4 Å². The van der Waals surface area contributed by atoms with E-state index in [1.165, 1.54) is 6.07 Å². The predicted molar refractivity (Wildman–Crippen MR) is 81.4 cm³/mol. The van der Waals surface area contributed by atoms with Gasteiger partial charge in [-0.3, -0.25) is 0 Å². The number of nitrogens with two attached hydrogens (primary N) is 1. The van der Waals surface area contributed by atoms with Gasteiger partial charge in [0.1, 0.15) is 5.82 Å². The number of pyridine rings is 2. The van der Waals surface area contributed by atoms with Crippen LogP contribution in [0.4, 0.5) is 5.82 Å². The van der Waals surface area contributed by atoms with E-state index < -0.39 is 5.97 Å². The number of hydrogen-bond donors (Lipinski definition) is 2. The largest absolute Gasteiger partial charge is 0.478 e. The Labute approximate surface area is 125 Å². The zero-order chi connectivity index (χ0) is 15.0. The van der Waals surface area contributed by atoms with Crippen molar-refractivity contribution >= 4 is 34.3 Å². The molecule has 0 fully saturated rings. The van der Waals surface area contributed by atoms with Gasteiger partial charge >= 0.3 is 5.97 Å². The summed E-state index contributed by atoms with van der Waals surface area (Å²) in [5, 5.41) is 10.3. The van der Waals surface area contributed by atoms with E-state index in [2.05, 4.69) is 9.97 Å². The topological polar surface area (TPSA) is 89.1 Å². The molecule has 3 N–H and O–H groups in total. The average molecular weight is 300 g/mol. The first-order valence-corrected chi connectivity index (χ1v) is 6.48. The van der Waals surface area contributed by atoms with Crippen LogP contribution >= 0.6 is 11.6 Å². The van der Waals surface area contributed by atoms with Gasteiger partial charge in [0, 0.05) is 17.1 Å². The summed E-state index contributed by atoms with van der Waals surface area (Å²) in [4.78, 5) is 19.9. The Morgan fingerprint density at radius 3 is 2.71 bits per heavy atom. The number of anilines is 1. The van der Waals surface area contributed by atoms with Gasteiger partial charge in [-0.25, -0.2) is 14.8 Å². The van der Waals surface area contributed by atoms with Crippen molar-refractivity contribution < 1.29 is 9.90 Å². The number of benzene rings is 1. The molecular formula is C15H10ClN3O2. The normalized spacial score (nSPS) is 10.7. The van der Waals surface area contributed by atoms with Gasteiger partial charge in [0.25, 0.3) is 0 Å². The summed E-state index contributed by atoms with van der Waals surface area (Å²) >= 11 is 6.13. The zero-order valence-electron chi connectivity index (χ0n) is 10.7. The molecule has 0 unspecified atom stereocenters. The number of aromatic nitrogens is 2. The summed E-state index contributed by atoms with van der Waals surface area (Å²) in [6.07, 6.45) is 1.55. The van der Waals surface area contributed by atoms with E-state index in [-0.39, 0.29) is 5.56 Å². The Morgan fingerprint density at radius 2 is 2.05 bits per heavy atom. The SMILES string of the molecule is Nc1ccc(-c2cc(C(=O)O)c3cccc(Cl)c3n2)cn1. The van der Waals surface area contributed by atoms with E-state index in [9.17, 15) is 9.90 Å². The molecular weight excluding hydrogens is 290 g/mol. The quantitative estimate of drug-likeness (QED) is 0.758. The van der Waals surface area contributed by atoms with Crippen molar-refractivity contribution in [2.24, 2.45) is 0 Å². The summed E-state index contributed by atoms with van der Waals surface area (Å²) < 4.78 is 0. The summed E-state index contributed by atoms with van der Waals surface area (Å²) in [5.41, 5.74) is 7.31. The molecule has 6 heteroatoms. The molecule has 2 aromatic heterocycles. The monoisotopic (exact) mass is 299 g/mol. The number of hydrogen-bond acceptors (Lipinski definition) is 4. The molecule has 2 heterocycles. The number of carboxylic acid groups (broad SMARTS) is 1. The van der Waals surface area contributed by atoms with Crippen LogP contribution in [0.15, 0.2) is 42.6 Å². The van der Waals surface area contributed by atoms with Gasteiger partial charge in [0.05, 0.1) is 21.8 Å². The lowest BCUT2D eigenvalue weighted by Gasteiger charge is -2.08. The van der Waals surface area contributed by atoms with Crippen LogP contribution in [0.25, 0.3) is 22.2 Å². The molecule has 0 radical (unpaired) electrons. The maximum Gasteiger partial charge on any atom is 0.336 e. The molecule has 0 spiro atoms. The van der Waals surface area contributed by atoms with Crippen molar-refractivity contribution in [2.75, 3.05) is 5.73 Å². The Balaban J connectivity index is 2.32. The number of fused-ring (bicyclic) bond motifs is 1. The van der Waals surface area contributed by atoms with Gasteiger partial charge in [0.15, 0.2) is 0 Å². The highest BCUT2D eigenvalue weighted by Crippen LogP contribution is 2.29. The van der Waals surface area contributed by atoms with E-state index in [1.54, 1.807) is 36.5 Å². The van der Waals surface area contributed by atoms with Crippen LogP contribution < -0.4 is 5.73 Å².